The first-order valence-corrected chi connectivity index (χ1v) is 6.22. The Balaban J connectivity index is 2.43. The van der Waals surface area contributed by atoms with Crippen LogP contribution in [0.5, 0.6) is 0 Å². The number of nitriles is 1. The SMILES string of the molecule is CN(CCCC(=O)O)CC(=O)Nc1ccccc1C#N. The third kappa shape index (κ3) is 5.50. The Morgan fingerprint density at radius 2 is 2.10 bits per heavy atom. The van der Waals surface area contributed by atoms with Crippen LogP contribution in [0.15, 0.2) is 24.3 Å². The van der Waals surface area contributed by atoms with Gasteiger partial charge in [-0.05, 0) is 32.1 Å². The molecule has 2 N–H and O–H groups in total. The van der Waals surface area contributed by atoms with Crippen molar-refractivity contribution in [2.45, 2.75) is 12.8 Å². The van der Waals surface area contributed by atoms with Gasteiger partial charge in [-0.2, -0.15) is 5.26 Å². The zero-order valence-corrected chi connectivity index (χ0v) is 11.3. The molecule has 6 heteroatoms. The minimum absolute atomic E-state index is 0.0865. The highest BCUT2D eigenvalue weighted by Gasteiger charge is 2.09. The van der Waals surface area contributed by atoms with E-state index in [0.29, 0.717) is 24.2 Å². The predicted octanol–water partition coefficient (Wildman–Crippen LogP) is 1.29. The fourth-order valence-electron chi connectivity index (χ4n) is 1.70. The first-order valence-electron chi connectivity index (χ1n) is 6.22. The number of carboxylic acids is 1. The van der Waals surface area contributed by atoms with Crippen LogP contribution in [0.3, 0.4) is 0 Å². The molecule has 20 heavy (non-hydrogen) atoms. The van der Waals surface area contributed by atoms with Gasteiger partial charge >= 0.3 is 5.97 Å². The summed E-state index contributed by atoms with van der Waals surface area (Å²) >= 11 is 0. The van der Waals surface area contributed by atoms with E-state index in [1.54, 1.807) is 36.2 Å². The van der Waals surface area contributed by atoms with Gasteiger partial charge in [0.15, 0.2) is 0 Å². The molecule has 6 nitrogen and oxygen atoms in total. The normalized spacial score (nSPS) is 10.1. The Hall–Kier alpha value is -2.39. The molecule has 0 saturated carbocycles. The minimum atomic E-state index is -0.842. The second-order valence-electron chi connectivity index (χ2n) is 4.44. The van der Waals surface area contributed by atoms with Gasteiger partial charge in [0.05, 0.1) is 17.8 Å². The second kappa shape index (κ2) is 7.92. The first-order chi connectivity index (χ1) is 9.52. The number of carboxylic acid groups (broad SMARTS) is 1. The Morgan fingerprint density at radius 1 is 1.40 bits per heavy atom. The van der Waals surface area contributed by atoms with E-state index in [-0.39, 0.29) is 18.9 Å². The molecule has 0 heterocycles. The van der Waals surface area contributed by atoms with Crippen LogP contribution < -0.4 is 5.32 Å². The van der Waals surface area contributed by atoms with Gasteiger partial charge < -0.3 is 10.4 Å². The van der Waals surface area contributed by atoms with Crippen LogP contribution in [0.2, 0.25) is 0 Å². The molecule has 0 aliphatic heterocycles. The number of nitrogens with zero attached hydrogens (tertiary/aromatic N) is 2. The van der Waals surface area contributed by atoms with Crippen molar-refractivity contribution in [3.63, 3.8) is 0 Å². The maximum Gasteiger partial charge on any atom is 0.303 e. The molecule has 1 rings (SSSR count). The standard InChI is InChI=1S/C14H17N3O3/c1-17(8-4-7-14(19)20)10-13(18)16-12-6-3-2-5-11(12)9-15/h2-3,5-6H,4,7-8,10H2,1H3,(H,16,18)(H,19,20). The van der Waals surface area contributed by atoms with Crippen LogP contribution in [0.25, 0.3) is 0 Å². The van der Waals surface area contributed by atoms with Gasteiger partial charge in [0.2, 0.25) is 5.91 Å². The predicted molar refractivity (Wildman–Crippen MR) is 74.2 cm³/mol. The lowest BCUT2D eigenvalue weighted by Gasteiger charge is -2.15. The zero-order valence-electron chi connectivity index (χ0n) is 11.3. The number of likely N-dealkylation sites (N-methyl/N-ethyl adjacent to an activating group) is 1. The maximum absolute atomic E-state index is 11.8. The highest BCUT2D eigenvalue weighted by molar-refractivity contribution is 5.93. The minimum Gasteiger partial charge on any atom is -0.481 e. The van der Waals surface area contributed by atoms with E-state index < -0.39 is 5.97 Å². The van der Waals surface area contributed by atoms with Crippen molar-refractivity contribution >= 4 is 17.6 Å². The lowest BCUT2D eigenvalue weighted by Crippen LogP contribution is -2.31. The number of hydrogen-bond donors (Lipinski definition) is 2. The van der Waals surface area contributed by atoms with Crippen molar-refractivity contribution < 1.29 is 14.7 Å². The summed E-state index contributed by atoms with van der Waals surface area (Å²) in [5.41, 5.74) is 0.897. The summed E-state index contributed by atoms with van der Waals surface area (Å²) in [7, 11) is 1.75. The number of aliphatic carboxylic acids is 1. The molecule has 0 radical (unpaired) electrons. The fourth-order valence-corrected chi connectivity index (χ4v) is 1.70. The van der Waals surface area contributed by atoms with Gasteiger partial charge in [-0.15, -0.1) is 0 Å². The largest absolute Gasteiger partial charge is 0.481 e. The van der Waals surface area contributed by atoms with Crippen molar-refractivity contribution in [2.24, 2.45) is 0 Å². The molecule has 0 aromatic heterocycles. The summed E-state index contributed by atoms with van der Waals surface area (Å²) in [6.45, 7) is 0.680. The fraction of sp³-hybridized carbons (Fsp3) is 0.357. The maximum atomic E-state index is 11.8. The topological polar surface area (TPSA) is 93.4 Å². The van der Waals surface area contributed by atoms with E-state index in [4.69, 9.17) is 10.4 Å². The van der Waals surface area contributed by atoms with E-state index in [1.807, 2.05) is 6.07 Å². The number of rotatable bonds is 7. The average molecular weight is 275 g/mol. The van der Waals surface area contributed by atoms with Gasteiger partial charge in [0.25, 0.3) is 0 Å². The number of carbonyl (C=O) groups is 2. The molecule has 106 valence electrons. The third-order valence-electron chi connectivity index (χ3n) is 2.67. The highest BCUT2D eigenvalue weighted by atomic mass is 16.4. The highest BCUT2D eigenvalue weighted by Crippen LogP contribution is 2.13. The number of hydrogen-bond acceptors (Lipinski definition) is 4. The Kier molecular flexibility index (Phi) is 6.20. The lowest BCUT2D eigenvalue weighted by atomic mass is 10.2. The van der Waals surface area contributed by atoms with Crippen molar-refractivity contribution in [3.8, 4) is 6.07 Å². The van der Waals surface area contributed by atoms with Gasteiger partial charge in [0, 0.05) is 6.42 Å². The third-order valence-corrected chi connectivity index (χ3v) is 2.67. The van der Waals surface area contributed by atoms with Gasteiger partial charge in [-0.25, -0.2) is 0 Å². The van der Waals surface area contributed by atoms with E-state index in [0.717, 1.165) is 0 Å². The van der Waals surface area contributed by atoms with Gasteiger partial charge in [-0.3, -0.25) is 14.5 Å². The average Bonchev–Trinajstić information content (AvgIpc) is 2.38. The molecular weight excluding hydrogens is 258 g/mol. The van der Waals surface area contributed by atoms with Crippen LogP contribution in [0.1, 0.15) is 18.4 Å². The summed E-state index contributed by atoms with van der Waals surface area (Å²) < 4.78 is 0. The number of anilines is 1. The molecule has 0 bridgehead atoms. The number of nitrogens with one attached hydrogen (secondary N) is 1. The number of para-hydroxylation sites is 1. The summed E-state index contributed by atoms with van der Waals surface area (Å²) in [5, 5.41) is 20.1. The molecule has 0 saturated heterocycles. The van der Waals surface area contributed by atoms with Gasteiger partial charge in [-0.1, -0.05) is 12.1 Å². The van der Waals surface area contributed by atoms with Gasteiger partial charge in [0.1, 0.15) is 6.07 Å². The number of benzene rings is 1. The molecule has 0 fully saturated rings. The molecule has 1 amide bonds. The van der Waals surface area contributed by atoms with Crippen LogP contribution in [0.4, 0.5) is 5.69 Å². The molecule has 0 aliphatic carbocycles. The summed E-state index contributed by atoms with van der Waals surface area (Å²) in [4.78, 5) is 23.9. The molecule has 0 spiro atoms. The number of carbonyl (C=O) groups excluding carboxylic acids is 1. The monoisotopic (exact) mass is 275 g/mol. The molecule has 1 aromatic carbocycles. The molecular formula is C14H17N3O3. The molecule has 1 aromatic rings. The van der Waals surface area contributed by atoms with Crippen LogP contribution in [-0.4, -0.2) is 42.0 Å². The van der Waals surface area contributed by atoms with Crippen molar-refractivity contribution in [1.29, 1.82) is 5.26 Å². The Bertz CT molecular complexity index is 523. The Morgan fingerprint density at radius 3 is 2.75 bits per heavy atom. The second-order valence-corrected chi connectivity index (χ2v) is 4.44. The van der Waals surface area contributed by atoms with Crippen molar-refractivity contribution in [2.75, 3.05) is 25.5 Å². The van der Waals surface area contributed by atoms with E-state index in [9.17, 15) is 9.59 Å². The van der Waals surface area contributed by atoms with Crippen molar-refractivity contribution in [1.82, 2.24) is 4.90 Å². The quantitative estimate of drug-likeness (QED) is 0.782. The van der Waals surface area contributed by atoms with Crippen LogP contribution in [-0.2, 0) is 9.59 Å². The van der Waals surface area contributed by atoms with E-state index in [2.05, 4.69) is 5.32 Å². The zero-order chi connectivity index (χ0) is 15.0. The summed E-state index contributed by atoms with van der Waals surface area (Å²) in [6, 6.07) is 8.78. The summed E-state index contributed by atoms with van der Waals surface area (Å²) in [6.07, 6.45) is 0.580. The Labute approximate surface area is 117 Å². The smallest absolute Gasteiger partial charge is 0.303 e. The first kappa shape index (κ1) is 15.7. The number of amides is 1. The van der Waals surface area contributed by atoms with Crippen LogP contribution >= 0.6 is 0 Å². The molecule has 0 aliphatic rings. The summed E-state index contributed by atoms with van der Waals surface area (Å²) in [5.74, 6) is -1.07. The lowest BCUT2D eigenvalue weighted by molar-refractivity contribution is -0.137. The molecule has 0 atom stereocenters. The van der Waals surface area contributed by atoms with E-state index >= 15 is 0 Å². The molecule has 0 unspecified atom stereocenters. The van der Waals surface area contributed by atoms with Crippen LogP contribution in [0, 0.1) is 11.3 Å². The van der Waals surface area contributed by atoms with Crippen molar-refractivity contribution in [3.05, 3.63) is 29.8 Å². The van der Waals surface area contributed by atoms with E-state index in [1.165, 1.54) is 0 Å².